The number of phenols is 2. The van der Waals surface area contributed by atoms with Gasteiger partial charge in [0.25, 0.3) is 17.7 Å². The van der Waals surface area contributed by atoms with Gasteiger partial charge >= 0.3 is 5.97 Å². The van der Waals surface area contributed by atoms with Gasteiger partial charge in [-0.25, -0.2) is 9.18 Å². The van der Waals surface area contributed by atoms with E-state index in [-0.39, 0.29) is 54.6 Å². The van der Waals surface area contributed by atoms with Gasteiger partial charge in [0.2, 0.25) is 0 Å². The zero-order valence-corrected chi connectivity index (χ0v) is 65.7. The summed E-state index contributed by atoms with van der Waals surface area (Å²) in [5.41, 5.74) is 16.0. The minimum atomic E-state index is -1.10. The number of carbonyl (C=O) groups excluding carboxylic acids is 3. The molecule has 3 amide bonds. The molecule has 0 unspecified atom stereocenters. The van der Waals surface area contributed by atoms with Gasteiger partial charge in [-0.3, -0.25) is 29.1 Å². The van der Waals surface area contributed by atoms with Crippen molar-refractivity contribution >= 4 is 23.7 Å². The van der Waals surface area contributed by atoms with Gasteiger partial charge < -0.3 is 74.3 Å². The minimum absolute atomic E-state index is 0.0347. The number of methoxy groups -OCH3 is 6. The topological polar surface area (TPSA) is 269 Å². The number of fused-ring (bicyclic) bond motifs is 3. The first-order valence-corrected chi connectivity index (χ1v) is 37.1. The molecule has 0 aromatic heterocycles. The first-order chi connectivity index (χ1) is 51.9. The molecule has 108 heavy (non-hydrogen) atoms. The number of hydrogen-bond acceptors (Lipinski definition) is 18. The van der Waals surface area contributed by atoms with E-state index in [1.54, 1.807) is 74.7 Å². The predicted octanol–water partition coefficient (Wildman–Crippen LogP) is 12.8. The highest BCUT2D eigenvalue weighted by atomic mass is 19.1. The SMILES string of the molecule is COc1cc2c(cc1OC)CN(CCCCNC(=O)c1cc(C)cc(C)c1O)CC2.COc1cc2c(cc1OC)CN(CCCCNC(=O)c1cc(C)cc(C)c1OCCF)CC2.COc1cc2c(cc1OC)CN(CCCCNC(=O)c1cc(C)cc(C)c1OCCO)CC2.Cc1cc(C)c(O)c(C(=O)O)c1. The molecule has 3 aliphatic rings. The molecule has 586 valence electrons. The molecular formula is C85H113FN6O16. The number of carbonyl (C=O) groups is 4. The van der Waals surface area contributed by atoms with E-state index in [4.69, 9.17) is 48.1 Å². The number of benzene rings is 7. The van der Waals surface area contributed by atoms with Crippen LogP contribution in [0.4, 0.5) is 4.39 Å². The van der Waals surface area contributed by atoms with E-state index in [1.807, 2.05) is 65.8 Å². The number of aryl methyl sites for hydroxylation is 8. The Bertz CT molecular complexity index is 4030. The molecule has 0 atom stereocenters. The van der Waals surface area contributed by atoms with Crippen LogP contribution in [0.5, 0.6) is 57.5 Å². The maximum atomic E-state index is 12.8. The van der Waals surface area contributed by atoms with Crippen molar-refractivity contribution in [1.82, 2.24) is 30.7 Å². The van der Waals surface area contributed by atoms with E-state index < -0.39 is 12.6 Å². The molecule has 0 bridgehead atoms. The summed E-state index contributed by atoms with van der Waals surface area (Å²) < 4.78 is 56.3. The zero-order valence-electron chi connectivity index (χ0n) is 65.7. The Morgan fingerprint density at radius 2 is 0.676 bits per heavy atom. The highest BCUT2D eigenvalue weighted by Crippen LogP contribution is 2.37. The number of amides is 3. The van der Waals surface area contributed by atoms with Crippen LogP contribution in [0, 0.1) is 55.4 Å². The third-order valence-electron chi connectivity index (χ3n) is 19.3. The minimum Gasteiger partial charge on any atom is -0.507 e. The molecule has 7 N–H and O–H groups in total. The first kappa shape index (κ1) is 85.4. The fourth-order valence-corrected chi connectivity index (χ4v) is 13.8. The van der Waals surface area contributed by atoms with Crippen molar-refractivity contribution in [3.8, 4) is 57.5 Å². The van der Waals surface area contributed by atoms with Crippen LogP contribution in [0.15, 0.2) is 84.9 Å². The molecule has 22 nitrogen and oxygen atoms in total. The quantitative estimate of drug-likeness (QED) is 0.0199. The Morgan fingerprint density at radius 1 is 0.389 bits per heavy atom. The second-order valence-corrected chi connectivity index (χ2v) is 27.7. The number of hydrogen-bond donors (Lipinski definition) is 7. The van der Waals surface area contributed by atoms with Gasteiger partial charge in [-0.2, -0.15) is 0 Å². The summed E-state index contributed by atoms with van der Waals surface area (Å²) in [5.74, 6) is 3.98. The summed E-state index contributed by atoms with van der Waals surface area (Å²) in [5, 5.41) is 46.1. The van der Waals surface area contributed by atoms with Crippen molar-refractivity contribution in [2.24, 2.45) is 0 Å². The number of nitrogens with one attached hydrogen (secondary N) is 3. The second-order valence-electron chi connectivity index (χ2n) is 27.7. The van der Waals surface area contributed by atoms with Crippen LogP contribution in [-0.2, 0) is 38.9 Å². The number of halogens is 1. The number of aliphatic hydroxyl groups is 1. The van der Waals surface area contributed by atoms with Crippen molar-refractivity contribution in [3.05, 3.63) is 185 Å². The highest BCUT2D eigenvalue weighted by molar-refractivity contribution is 5.99. The molecule has 0 saturated heterocycles. The number of phenolic OH excluding ortho intramolecular Hbond substituents is 1. The van der Waals surface area contributed by atoms with Gasteiger partial charge in [0, 0.05) is 58.9 Å². The van der Waals surface area contributed by atoms with Gasteiger partial charge in [-0.05, 0) is 271 Å². The van der Waals surface area contributed by atoms with Crippen molar-refractivity contribution in [1.29, 1.82) is 0 Å². The second kappa shape index (κ2) is 42.7. The molecule has 0 aliphatic carbocycles. The van der Waals surface area contributed by atoms with Gasteiger partial charge in [-0.1, -0.05) is 24.3 Å². The van der Waals surface area contributed by atoms with E-state index in [0.29, 0.717) is 53.4 Å². The van der Waals surface area contributed by atoms with E-state index in [0.717, 1.165) is 190 Å². The molecular weight excluding hydrogens is 1380 g/mol. The Balaban J connectivity index is 0.000000209. The van der Waals surface area contributed by atoms with Crippen molar-refractivity contribution < 1.29 is 81.9 Å². The molecule has 0 fully saturated rings. The lowest BCUT2D eigenvalue weighted by Crippen LogP contribution is -2.32. The fraction of sp³-hybridized carbons (Fsp3) is 0.459. The molecule has 0 radical (unpaired) electrons. The third-order valence-corrected chi connectivity index (χ3v) is 19.3. The molecule has 0 spiro atoms. The number of aromatic carboxylic acids is 1. The molecule has 3 heterocycles. The van der Waals surface area contributed by atoms with E-state index in [1.165, 1.54) is 39.4 Å². The third kappa shape index (κ3) is 24.4. The molecule has 0 saturated carbocycles. The Morgan fingerprint density at radius 3 is 0.991 bits per heavy atom. The van der Waals surface area contributed by atoms with Crippen LogP contribution < -0.4 is 53.8 Å². The van der Waals surface area contributed by atoms with Gasteiger partial charge in [-0.15, -0.1) is 0 Å². The summed E-state index contributed by atoms with van der Waals surface area (Å²) in [6, 6.07) is 26.8. The van der Waals surface area contributed by atoms with Gasteiger partial charge in [0.15, 0.2) is 34.5 Å². The number of nitrogens with zero attached hydrogens (tertiary/aromatic N) is 3. The number of carboxylic acids is 1. The van der Waals surface area contributed by atoms with Crippen LogP contribution in [0.1, 0.15) is 158 Å². The average Bonchev–Trinajstić information content (AvgIpc) is 0.820. The molecule has 7 aromatic rings. The number of ether oxygens (including phenoxy) is 8. The van der Waals surface area contributed by atoms with E-state index in [2.05, 4.69) is 67.0 Å². The lowest BCUT2D eigenvalue weighted by molar-refractivity contribution is 0.0692. The molecule has 23 heteroatoms. The maximum Gasteiger partial charge on any atom is 0.339 e. The van der Waals surface area contributed by atoms with Crippen LogP contribution in [0.2, 0.25) is 0 Å². The van der Waals surface area contributed by atoms with Crippen molar-refractivity contribution in [2.75, 3.05) is 128 Å². The van der Waals surface area contributed by atoms with Crippen molar-refractivity contribution in [2.45, 2.75) is 133 Å². The van der Waals surface area contributed by atoms with Crippen LogP contribution in [0.25, 0.3) is 0 Å². The summed E-state index contributed by atoms with van der Waals surface area (Å²) in [7, 11) is 9.99. The Labute approximate surface area is 636 Å². The number of rotatable bonds is 31. The van der Waals surface area contributed by atoms with Gasteiger partial charge in [0.05, 0.1) is 66.0 Å². The van der Waals surface area contributed by atoms with Gasteiger partial charge in [0.1, 0.15) is 48.4 Å². The Kier molecular flexibility index (Phi) is 33.7. The van der Waals surface area contributed by atoms with Crippen LogP contribution in [0.3, 0.4) is 0 Å². The van der Waals surface area contributed by atoms with E-state index >= 15 is 0 Å². The maximum absolute atomic E-state index is 12.8. The smallest absolute Gasteiger partial charge is 0.339 e. The number of carboxylic acid groups (broad SMARTS) is 1. The fourth-order valence-electron chi connectivity index (χ4n) is 13.8. The Hall–Kier alpha value is -9.81. The molecule has 3 aliphatic heterocycles. The first-order valence-electron chi connectivity index (χ1n) is 37.1. The van der Waals surface area contributed by atoms with Crippen LogP contribution >= 0.6 is 0 Å². The summed E-state index contributed by atoms with van der Waals surface area (Å²) in [6.45, 7) is 24.8. The van der Waals surface area contributed by atoms with Crippen molar-refractivity contribution in [3.63, 3.8) is 0 Å². The monoisotopic (exact) mass is 1490 g/mol. The zero-order chi connectivity index (χ0) is 78.6. The van der Waals surface area contributed by atoms with E-state index in [9.17, 15) is 33.8 Å². The predicted molar refractivity (Wildman–Crippen MR) is 418 cm³/mol. The number of unbranched alkanes of at least 4 members (excludes halogenated alkanes) is 3. The lowest BCUT2D eigenvalue weighted by atomic mass is 9.98. The number of alkyl halides is 1. The summed E-state index contributed by atoms with van der Waals surface area (Å²) in [4.78, 5) is 55.8. The lowest BCUT2D eigenvalue weighted by Gasteiger charge is -2.29. The molecule has 7 aromatic carbocycles. The number of aromatic hydroxyl groups is 2. The standard InChI is InChI=1S/C26H35FN2O4.C26H36N2O5.C24H32N2O4.C9H10O3/c1-18-13-19(2)25(33-12-8-27)22(14-18)26(30)28-9-5-6-10-29-11-7-20-15-23(31-3)24(32-4)16-21(20)17-29;1-18-13-19(2)25(33-12-11-29)22(14-18)26(30)27-8-5-6-9-28-10-7-20-15-23(31-3)24(32-4)16-21(20)17-28;1-16-11-17(2)23(27)20(12-16)24(28)25-8-5-6-9-26-10-7-18-13-21(29-3)22(30-4)14-19(18)15-26;1-5-3-6(2)8(10)7(4-5)9(11)12/h13-16H,5-12,17H2,1-4H3,(H,28,30);13-16,29H,5-12,17H2,1-4H3,(H,27,30);11-14,27H,5-10,15H2,1-4H3,(H,25,28);3-4,10H,1-2H3,(H,11,12). The highest BCUT2D eigenvalue weighted by Gasteiger charge is 2.25. The average molecular weight is 1490 g/mol. The van der Waals surface area contributed by atoms with Crippen LogP contribution in [-0.4, -0.2) is 187 Å². The largest absolute Gasteiger partial charge is 0.507 e. The number of aliphatic hydroxyl groups excluding tert-OH is 1. The normalized spacial score (nSPS) is 13.0. The summed E-state index contributed by atoms with van der Waals surface area (Å²) >= 11 is 0. The molecule has 10 rings (SSSR count). The summed E-state index contributed by atoms with van der Waals surface area (Å²) in [6.07, 6.45) is 8.65.